The zero-order valence-corrected chi connectivity index (χ0v) is 19.2. The summed E-state index contributed by atoms with van der Waals surface area (Å²) in [4.78, 5) is 13.7. The van der Waals surface area contributed by atoms with Crippen LogP contribution >= 0.6 is 0 Å². The van der Waals surface area contributed by atoms with Gasteiger partial charge >= 0.3 is 0 Å². The van der Waals surface area contributed by atoms with Crippen LogP contribution in [-0.2, 0) is 10.0 Å². The second kappa shape index (κ2) is 9.45. The lowest BCUT2D eigenvalue weighted by Gasteiger charge is -2.31. The average Bonchev–Trinajstić information content (AvgIpc) is 3.56. The summed E-state index contributed by atoms with van der Waals surface area (Å²) < 4.78 is 24.9. The fourth-order valence-electron chi connectivity index (χ4n) is 3.68. The van der Waals surface area contributed by atoms with Gasteiger partial charge in [0.2, 0.25) is 16.0 Å². The number of hydrogen-bond donors (Lipinski definition) is 1. The summed E-state index contributed by atoms with van der Waals surface area (Å²) in [7, 11) is 1.08. The summed E-state index contributed by atoms with van der Waals surface area (Å²) in [5.41, 5.74) is 2.46. The van der Waals surface area contributed by atoms with E-state index in [0.29, 0.717) is 19.0 Å². The van der Waals surface area contributed by atoms with Crippen LogP contribution in [0.4, 0.5) is 5.95 Å². The minimum absolute atomic E-state index is 0.142. The van der Waals surface area contributed by atoms with E-state index in [0.717, 1.165) is 48.9 Å². The number of nitrogens with one attached hydrogen (secondary N) is 1. The molecule has 1 N–H and O–H groups in total. The number of aromatic nitrogens is 2. The van der Waals surface area contributed by atoms with Gasteiger partial charge in [-0.2, -0.15) is 0 Å². The van der Waals surface area contributed by atoms with Crippen molar-refractivity contribution in [1.82, 2.24) is 24.1 Å². The summed E-state index contributed by atoms with van der Waals surface area (Å²) >= 11 is 0. The maximum absolute atomic E-state index is 11.7. The fraction of sp³-hybridized carbons (Fsp3) is 0.619. The predicted octanol–water partition coefficient (Wildman–Crippen LogP) is 1.95. The molecular formula is C21H34N6O2S. The second-order valence-corrected chi connectivity index (χ2v) is 10.3. The number of rotatable bonds is 10. The van der Waals surface area contributed by atoms with Crippen molar-refractivity contribution < 1.29 is 8.42 Å². The Balaban J connectivity index is 1.63. The van der Waals surface area contributed by atoms with E-state index in [9.17, 15) is 8.42 Å². The number of anilines is 1. The number of sulfonamides is 1. The summed E-state index contributed by atoms with van der Waals surface area (Å²) in [5.74, 6) is 0.540. The van der Waals surface area contributed by atoms with Crippen molar-refractivity contribution in [2.24, 2.45) is 0 Å². The molecule has 0 bridgehead atoms. The van der Waals surface area contributed by atoms with Crippen molar-refractivity contribution >= 4 is 27.7 Å². The molecule has 0 atom stereocenters. The van der Waals surface area contributed by atoms with E-state index in [1.165, 1.54) is 23.4 Å². The Morgan fingerprint density at radius 3 is 2.50 bits per heavy atom. The van der Waals surface area contributed by atoms with Gasteiger partial charge in [-0.05, 0) is 32.7 Å². The standard InChI is InChI=1S/C21H34N6O2S/c1-6-17-15-22-21(23-18-9-11-27(12-10-18)30(5,28)29)24-20(17)16(2)25(3)13-14-26(4)19-7-8-19/h6,15,18-19H,1-2,7-14H2,3-5H3,(H,22,23,24). The lowest BCUT2D eigenvalue weighted by Crippen LogP contribution is -2.42. The quantitative estimate of drug-likeness (QED) is 0.603. The van der Waals surface area contributed by atoms with Crippen molar-refractivity contribution in [2.45, 2.75) is 37.8 Å². The summed E-state index contributed by atoms with van der Waals surface area (Å²) in [6.07, 6.45) is 8.82. The molecule has 2 heterocycles. The first kappa shape index (κ1) is 22.7. The first-order valence-corrected chi connectivity index (χ1v) is 12.4. The molecule has 1 aliphatic heterocycles. The minimum Gasteiger partial charge on any atom is -0.372 e. The van der Waals surface area contributed by atoms with Gasteiger partial charge in [-0.1, -0.05) is 19.2 Å². The van der Waals surface area contributed by atoms with E-state index in [1.807, 2.05) is 7.05 Å². The van der Waals surface area contributed by atoms with E-state index in [-0.39, 0.29) is 6.04 Å². The maximum Gasteiger partial charge on any atom is 0.223 e. The second-order valence-electron chi connectivity index (χ2n) is 8.36. The lowest BCUT2D eigenvalue weighted by atomic mass is 10.1. The summed E-state index contributed by atoms with van der Waals surface area (Å²) in [6.45, 7) is 11.0. The van der Waals surface area contributed by atoms with Gasteiger partial charge < -0.3 is 15.1 Å². The normalized spacial score (nSPS) is 18.4. The SMILES string of the molecule is C=Cc1cnc(NC2CCN(S(C)(=O)=O)CC2)nc1C(=C)N(C)CCN(C)C1CC1. The van der Waals surface area contributed by atoms with Gasteiger partial charge in [0.05, 0.1) is 17.6 Å². The highest BCUT2D eigenvalue weighted by Crippen LogP contribution is 2.26. The third-order valence-corrected chi connectivity index (χ3v) is 7.29. The van der Waals surface area contributed by atoms with E-state index in [1.54, 1.807) is 12.3 Å². The first-order chi connectivity index (χ1) is 14.2. The predicted molar refractivity (Wildman–Crippen MR) is 123 cm³/mol. The van der Waals surface area contributed by atoms with Crippen LogP contribution in [-0.4, -0.2) is 91.1 Å². The van der Waals surface area contributed by atoms with Crippen LogP contribution in [0.5, 0.6) is 0 Å². The molecule has 3 rings (SSSR count). The van der Waals surface area contributed by atoms with Crippen LogP contribution in [0.15, 0.2) is 19.4 Å². The average molecular weight is 435 g/mol. The largest absolute Gasteiger partial charge is 0.372 e. The van der Waals surface area contributed by atoms with Crippen LogP contribution in [0.1, 0.15) is 36.9 Å². The molecular weight excluding hydrogens is 400 g/mol. The van der Waals surface area contributed by atoms with Gasteiger partial charge in [0.15, 0.2) is 0 Å². The highest BCUT2D eigenvalue weighted by Gasteiger charge is 2.27. The molecule has 0 aromatic carbocycles. The Kier molecular flexibility index (Phi) is 7.15. The molecule has 0 spiro atoms. The molecule has 0 radical (unpaired) electrons. The van der Waals surface area contributed by atoms with E-state index < -0.39 is 10.0 Å². The molecule has 1 saturated heterocycles. The van der Waals surface area contributed by atoms with E-state index >= 15 is 0 Å². The van der Waals surface area contributed by atoms with Gasteiger partial charge in [0.25, 0.3) is 0 Å². The van der Waals surface area contributed by atoms with Crippen LogP contribution in [0.25, 0.3) is 11.8 Å². The Morgan fingerprint density at radius 2 is 1.93 bits per heavy atom. The Bertz CT molecular complexity index is 875. The molecule has 1 aromatic rings. The Labute approximate surface area is 180 Å². The zero-order valence-electron chi connectivity index (χ0n) is 18.3. The summed E-state index contributed by atoms with van der Waals surface area (Å²) in [5, 5.41) is 3.37. The Hall–Kier alpha value is -1.97. The van der Waals surface area contributed by atoms with Crippen molar-refractivity contribution in [1.29, 1.82) is 0 Å². The highest BCUT2D eigenvalue weighted by molar-refractivity contribution is 7.88. The molecule has 9 heteroatoms. The molecule has 8 nitrogen and oxygen atoms in total. The molecule has 30 heavy (non-hydrogen) atoms. The van der Waals surface area contributed by atoms with Crippen LogP contribution in [0, 0.1) is 0 Å². The van der Waals surface area contributed by atoms with Crippen molar-refractivity contribution in [3.8, 4) is 0 Å². The minimum atomic E-state index is -3.13. The number of nitrogens with zero attached hydrogens (tertiary/aromatic N) is 5. The highest BCUT2D eigenvalue weighted by atomic mass is 32.2. The number of hydrogen-bond acceptors (Lipinski definition) is 7. The zero-order chi connectivity index (χ0) is 21.9. The topological polar surface area (TPSA) is 81.7 Å². The number of piperidine rings is 1. The molecule has 2 fully saturated rings. The van der Waals surface area contributed by atoms with E-state index in [4.69, 9.17) is 4.98 Å². The summed E-state index contributed by atoms with van der Waals surface area (Å²) in [6, 6.07) is 0.878. The van der Waals surface area contributed by atoms with Crippen LogP contribution in [0.3, 0.4) is 0 Å². The van der Waals surface area contributed by atoms with Crippen molar-refractivity contribution in [3.63, 3.8) is 0 Å². The van der Waals surface area contributed by atoms with Gasteiger partial charge in [0, 0.05) is 57.1 Å². The van der Waals surface area contributed by atoms with Gasteiger partial charge in [-0.15, -0.1) is 0 Å². The lowest BCUT2D eigenvalue weighted by molar-refractivity contribution is 0.292. The van der Waals surface area contributed by atoms with Gasteiger partial charge in [-0.3, -0.25) is 0 Å². The van der Waals surface area contributed by atoms with Crippen molar-refractivity contribution in [3.05, 3.63) is 30.6 Å². The molecule has 0 amide bonds. The molecule has 1 aliphatic carbocycles. The smallest absolute Gasteiger partial charge is 0.223 e. The number of likely N-dealkylation sites (N-methyl/N-ethyl adjacent to an activating group) is 2. The van der Waals surface area contributed by atoms with E-state index in [2.05, 4.69) is 40.3 Å². The molecule has 166 valence electrons. The molecule has 1 saturated carbocycles. The third kappa shape index (κ3) is 5.80. The Morgan fingerprint density at radius 1 is 1.27 bits per heavy atom. The maximum atomic E-state index is 11.7. The van der Waals surface area contributed by atoms with Crippen molar-refractivity contribution in [2.75, 3.05) is 51.8 Å². The fourth-order valence-corrected chi connectivity index (χ4v) is 4.55. The monoisotopic (exact) mass is 434 g/mol. The van der Waals surface area contributed by atoms with Crippen LogP contribution < -0.4 is 5.32 Å². The van der Waals surface area contributed by atoms with Gasteiger partial charge in [-0.25, -0.2) is 22.7 Å². The first-order valence-electron chi connectivity index (χ1n) is 10.5. The third-order valence-electron chi connectivity index (χ3n) is 5.99. The van der Waals surface area contributed by atoms with Crippen LogP contribution in [0.2, 0.25) is 0 Å². The molecule has 1 aromatic heterocycles. The van der Waals surface area contributed by atoms with Gasteiger partial charge in [0.1, 0.15) is 0 Å². The molecule has 0 unspecified atom stereocenters. The molecule has 2 aliphatic rings.